The van der Waals surface area contributed by atoms with E-state index in [4.69, 9.17) is 5.11 Å². The van der Waals surface area contributed by atoms with Crippen LogP contribution >= 0.6 is 0 Å². The van der Waals surface area contributed by atoms with Crippen molar-refractivity contribution >= 4 is 11.6 Å². The van der Waals surface area contributed by atoms with Gasteiger partial charge in [0.05, 0.1) is 5.56 Å². The van der Waals surface area contributed by atoms with Crippen LogP contribution in [0.3, 0.4) is 0 Å². The highest BCUT2D eigenvalue weighted by Crippen LogP contribution is 2.20. The Balaban J connectivity index is 2.19. The fourth-order valence-corrected chi connectivity index (χ4v) is 1.85. The Bertz CT molecular complexity index is 726. The first-order chi connectivity index (χ1) is 10.1. The molecule has 0 radical (unpaired) electrons. The molecule has 0 aliphatic rings. The molecule has 0 fully saturated rings. The number of rotatable bonds is 2. The molecule has 4 nitrogen and oxygen atoms in total. The molecule has 0 saturated heterocycles. The molecule has 0 bridgehead atoms. The topological polar surface area (TPSA) is 69.6 Å². The number of nitrogens with one attached hydrogen (secondary N) is 1. The van der Waals surface area contributed by atoms with Crippen LogP contribution in [0.15, 0.2) is 42.5 Å². The van der Waals surface area contributed by atoms with Crippen molar-refractivity contribution in [2.45, 2.75) is 6.92 Å². The summed E-state index contributed by atoms with van der Waals surface area (Å²) in [5, 5.41) is 21.2. The molecule has 0 atom stereocenters. The molecule has 2 aromatic carbocycles. The zero-order valence-electron chi connectivity index (χ0n) is 11.6. The smallest absolute Gasteiger partial charge is 0.259 e. The number of aliphatic hydroxyl groups is 1. The number of carbonyl (C=O) groups excluding carboxylic acids is 1. The van der Waals surface area contributed by atoms with Crippen LogP contribution < -0.4 is 5.32 Å². The summed E-state index contributed by atoms with van der Waals surface area (Å²) in [7, 11) is 0. The molecule has 0 heterocycles. The van der Waals surface area contributed by atoms with Crippen LogP contribution in [0.1, 0.15) is 21.5 Å². The number of hydrogen-bond acceptors (Lipinski definition) is 3. The van der Waals surface area contributed by atoms with Crippen molar-refractivity contribution in [2.75, 3.05) is 11.9 Å². The van der Waals surface area contributed by atoms with Crippen molar-refractivity contribution in [2.24, 2.45) is 0 Å². The maximum atomic E-state index is 12.1. The Hall–Kier alpha value is -2.77. The molecule has 2 rings (SSSR count). The summed E-state index contributed by atoms with van der Waals surface area (Å²) in [4.78, 5) is 12.1. The van der Waals surface area contributed by atoms with Gasteiger partial charge >= 0.3 is 0 Å². The van der Waals surface area contributed by atoms with Crippen LogP contribution in [0.2, 0.25) is 0 Å². The molecule has 3 N–H and O–H groups in total. The third kappa shape index (κ3) is 3.85. The third-order valence-electron chi connectivity index (χ3n) is 2.83. The minimum atomic E-state index is -0.389. The molecular weight excluding hydrogens is 266 g/mol. The van der Waals surface area contributed by atoms with E-state index in [9.17, 15) is 9.90 Å². The number of phenolic OH excluding ortho intramolecular Hbond substituents is 1. The van der Waals surface area contributed by atoms with Crippen LogP contribution in [-0.2, 0) is 0 Å². The first-order valence-electron chi connectivity index (χ1n) is 6.41. The lowest BCUT2D eigenvalue weighted by Crippen LogP contribution is -2.12. The number of aryl methyl sites for hydroxylation is 1. The minimum Gasteiger partial charge on any atom is -0.507 e. The van der Waals surface area contributed by atoms with Gasteiger partial charge in [0, 0.05) is 11.3 Å². The molecule has 106 valence electrons. The Morgan fingerprint density at radius 3 is 2.76 bits per heavy atom. The lowest BCUT2D eigenvalue weighted by Gasteiger charge is -2.07. The fraction of sp³-hybridized carbons (Fsp3) is 0.118. The standard InChI is InChI=1S/C17H15NO3/c1-12-7-8-15(16(20)10-12)17(21)18-14-6-2-4-13(11-14)5-3-9-19/h2,4,6-8,10-11,19-20H,9H2,1H3,(H,18,21). The summed E-state index contributed by atoms with van der Waals surface area (Å²) in [5.41, 5.74) is 2.36. The maximum Gasteiger partial charge on any atom is 0.259 e. The molecule has 1 amide bonds. The van der Waals surface area contributed by atoms with Crippen molar-refractivity contribution in [1.82, 2.24) is 0 Å². The monoisotopic (exact) mass is 281 g/mol. The van der Waals surface area contributed by atoms with E-state index in [0.29, 0.717) is 11.3 Å². The average molecular weight is 281 g/mol. The van der Waals surface area contributed by atoms with E-state index >= 15 is 0 Å². The highest BCUT2D eigenvalue weighted by Gasteiger charge is 2.11. The number of anilines is 1. The number of aliphatic hydroxyl groups excluding tert-OH is 1. The molecule has 2 aromatic rings. The normalized spacial score (nSPS) is 9.62. The second-order valence-corrected chi connectivity index (χ2v) is 4.52. The third-order valence-corrected chi connectivity index (χ3v) is 2.83. The molecule has 0 spiro atoms. The van der Waals surface area contributed by atoms with Crippen LogP contribution in [-0.4, -0.2) is 22.7 Å². The van der Waals surface area contributed by atoms with E-state index < -0.39 is 0 Å². The van der Waals surface area contributed by atoms with Crippen molar-refractivity contribution in [1.29, 1.82) is 0 Å². The quantitative estimate of drug-likeness (QED) is 0.740. The van der Waals surface area contributed by atoms with Gasteiger partial charge in [0.2, 0.25) is 0 Å². The van der Waals surface area contributed by atoms with E-state index in [-0.39, 0.29) is 23.8 Å². The van der Waals surface area contributed by atoms with E-state index in [2.05, 4.69) is 17.2 Å². The minimum absolute atomic E-state index is 0.0521. The Morgan fingerprint density at radius 1 is 1.24 bits per heavy atom. The summed E-state index contributed by atoms with van der Waals surface area (Å²) in [6.07, 6.45) is 0. The number of amides is 1. The molecule has 0 saturated carbocycles. The Kier molecular flexibility index (Phi) is 4.60. The summed E-state index contributed by atoms with van der Waals surface area (Å²) in [6, 6.07) is 11.8. The summed E-state index contributed by atoms with van der Waals surface area (Å²) >= 11 is 0. The van der Waals surface area contributed by atoms with Gasteiger partial charge in [-0.3, -0.25) is 4.79 Å². The lowest BCUT2D eigenvalue weighted by atomic mass is 10.1. The molecule has 0 aliphatic heterocycles. The number of phenols is 1. The first-order valence-corrected chi connectivity index (χ1v) is 6.41. The van der Waals surface area contributed by atoms with E-state index in [1.807, 2.05) is 6.92 Å². The summed E-state index contributed by atoms with van der Waals surface area (Å²) < 4.78 is 0. The van der Waals surface area contributed by atoms with Gasteiger partial charge in [-0.1, -0.05) is 24.0 Å². The van der Waals surface area contributed by atoms with Crippen molar-refractivity contribution in [3.8, 4) is 17.6 Å². The van der Waals surface area contributed by atoms with Gasteiger partial charge in [0.25, 0.3) is 5.91 Å². The molecule has 21 heavy (non-hydrogen) atoms. The highest BCUT2D eigenvalue weighted by atomic mass is 16.3. The molecular formula is C17H15NO3. The molecule has 4 heteroatoms. The molecule has 0 aromatic heterocycles. The average Bonchev–Trinajstić information content (AvgIpc) is 2.45. The van der Waals surface area contributed by atoms with Gasteiger partial charge in [-0.25, -0.2) is 0 Å². The maximum absolute atomic E-state index is 12.1. The predicted octanol–water partition coefficient (Wildman–Crippen LogP) is 2.30. The highest BCUT2D eigenvalue weighted by molar-refractivity contribution is 6.06. The van der Waals surface area contributed by atoms with Gasteiger partial charge in [0.15, 0.2) is 0 Å². The number of carbonyl (C=O) groups is 1. The molecule has 0 unspecified atom stereocenters. The van der Waals surface area contributed by atoms with Crippen molar-refractivity contribution in [3.63, 3.8) is 0 Å². The summed E-state index contributed by atoms with van der Waals surface area (Å²) in [6.45, 7) is 1.62. The Morgan fingerprint density at radius 2 is 2.05 bits per heavy atom. The van der Waals surface area contributed by atoms with Gasteiger partial charge < -0.3 is 15.5 Å². The van der Waals surface area contributed by atoms with Crippen LogP contribution in [0.25, 0.3) is 0 Å². The zero-order chi connectivity index (χ0) is 15.2. The fourth-order valence-electron chi connectivity index (χ4n) is 1.85. The van der Waals surface area contributed by atoms with E-state index in [0.717, 1.165) is 5.56 Å². The van der Waals surface area contributed by atoms with Crippen LogP contribution in [0.5, 0.6) is 5.75 Å². The second kappa shape index (κ2) is 6.60. The van der Waals surface area contributed by atoms with Crippen molar-refractivity contribution < 1.29 is 15.0 Å². The van der Waals surface area contributed by atoms with E-state index in [1.54, 1.807) is 36.4 Å². The Labute approximate surface area is 123 Å². The lowest BCUT2D eigenvalue weighted by molar-refractivity contribution is 0.102. The van der Waals surface area contributed by atoms with Gasteiger partial charge in [-0.05, 0) is 42.8 Å². The number of aromatic hydroxyl groups is 1. The largest absolute Gasteiger partial charge is 0.507 e. The van der Waals surface area contributed by atoms with Crippen LogP contribution in [0, 0.1) is 18.8 Å². The van der Waals surface area contributed by atoms with E-state index in [1.165, 1.54) is 6.07 Å². The first kappa shape index (κ1) is 14.6. The van der Waals surface area contributed by atoms with Gasteiger partial charge in [-0.15, -0.1) is 0 Å². The number of hydrogen-bond donors (Lipinski definition) is 3. The second-order valence-electron chi connectivity index (χ2n) is 4.52. The molecule has 0 aliphatic carbocycles. The van der Waals surface area contributed by atoms with Crippen molar-refractivity contribution in [3.05, 3.63) is 59.2 Å². The van der Waals surface area contributed by atoms with Gasteiger partial charge in [0.1, 0.15) is 12.4 Å². The SMILES string of the molecule is Cc1ccc(C(=O)Nc2cccc(C#CCO)c2)c(O)c1. The number of benzene rings is 2. The van der Waals surface area contributed by atoms with Gasteiger partial charge in [-0.2, -0.15) is 0 Å². The zero-order valence-corrected chi connectivity index (χ0v) is 11.6. The van der Waals surface area contributed by atoms with Crippen LogP contribution in [0.4, 0.5) is 5.69 Å². The summed E-state index contributed by atoms with van der Waals surface area (Å²) in [5.74, 6) is 4.87. The predicted molar refractivity (Wildman–Crippen MR) is 81.2 cm³/mol.